The quantitative estimate of drug-likeness (QED) is 0.564. The maximum atomic E-state index is 12.9. The number of pyridine rings is 1. The van der Waals surface area contributed by atoms with Crippen LogP contribution in [0.5, 0.6) is 0 Å². The molecule has 1 aliphatic rings. The summed E-state index contributed by atoms with van der Waals surface area (Å²) in [6.45, 7) is 4.93. The molecule has 30 heavy (non-hydrogen) atoms. The number of aryl methyl sites for hydroxylation is 1. The van der Waals surface area contributed by atoms with Gasteiger partial charge in [-0.2, -0.15) is 0 Å². The molecule has 1 unspecified atom stereocenters. The second-order valence-corrected chi connectivity index (χ2v) is 7.91. The van der Waals surface area contributed by atoms with Crippen LogP contribution in [0.1, 0.15) is 34.3 Å². The Labute approximate surface area is 182 Å². The highest BCUT2D eigenvalue weighted by molar-refractivity contribution is 5.95. The van der Waals surface area contributed by atoms with Crippen molar-refractivity contribution in [1.29, 1.82) is 0 Å². The van der Waals surface area contributed by atoms with Crippen LogP contribution in [0.4, 0.5) is 0 Å². The second-order valence-electron chi connectivity index (χ2n) is 7.91. The molecule has 6 nitrogen and oxygen atoms in total. The van der Waals surface area contributed by atoms with Gasteiger partial charge in [0.1, 0.15) is 5.56 Å². The van der Waals surface area contributed by atoms with E-state index in [1.54, 1.807) is 4.57 Å². The molecule has 0 spiro atoms. The van der Waals surface area contributed by atoms with Crippen LogP contribution in [0.15, 0.2) is 47.5 Å². The summed E-state index contributed by atoms with van der Waals surface area (Å²) < 4.78 is 1.69. The Morgan fingerprint density at radius 2 is 2.10 bits per heavy atom. The van der Waals surface area contributed by atoms with Crippen LogP contribution < -0.4 is 16.2 Å². The summed E-state index contributed by atoms with van der Waals surface area (Å²) in [5.41, 5.74) is 3.04. The zero-order valence-corrected chi connectivity index (χ0v) is 18.1. The molecule has 3 heterocycles. The molecule has 1 atom stereocenters. The monoisotopic (exact) mass is 428 g/mol. The van der Waals surface area contributed by atoms with Crippen LogP contribution in [-0.2, 0) is 13.0 Å². The van der Waals surface area contributed by atoms with Gasteiger partial charge in [0.05, 0.1) is 0 Å². The van der Waals surface area contributed by atoms with Crippen molar-refractivity contribution >= 4 is 29.2 Å². The summed E-state index contributed by atoms with van der Waals surface area (Å²) in [5, 5.41) is 7.48. The number of para-hydroxylation sites is 1. The van der Waals surface area contributed by atoms with Crippen LogP contribution in [0.25, 0.3) is 10.9 Å². The van der Waals surface area contributed by atoms with Gasteiger partial charge in [0, 0.05) is 36.4 Å². The number of rotatable bonds is 6. The van der Waals surface area contributed by atoms with Gasteiger partial charge < -0.3 is 20.2 Å². The van der Waals surface area contributed by atoms with E-state index >= 15 is 0 Å². The third-order valence-corrected chi connectivity index (χ3v) is 5.81. The molecule has 1 aliphatic heterocycles. The molecule has 3 aromatic rings. The van der Waals surface area contributed by atoms with Gasteiger partial charge in [-0.05, 0) is 68.5 Å². The molecule has 0 aliphatic carbocycles. The first-order chi connectivity index (χ1) is 14.1. The first-order valence-electron chi connectivity index (χ1n) is 10.4. The normalized spacial score (nSPS) is 16.2. The molecule has 1 aromatic carbocycles. The standard InChI is InChI=1S/C23H28N4O2.ClH/c1-16-9-12-27(15-17-5-4-10-24-13-17)23(29)21(16)22(28)25-11-8-18-14-26-20-7-3-2-6-19(18)20;/h2-3,6-7,9,12,14,17,24,26H,4-5,8,10-11,13,15H2,1H3,(H,25,28);1H. The Bertz CT molecular complexity index is 1070. The van der Waals surface area contributed by atoms with Crippen molar-refractivity contribution in [2.75, 3.05) is 19.6 Å². The Balaban J connectivity index is 0.00000256. The average Bonchev–Trinajstić information content (AvgIpc) is 3.14. The lowest BCUT2D eigenvalue weighted by molar-refractivity contribution is 0.0951. The molecule has 0 radical (unpaired) electrons. The molecule has 1 saturated heterocycles. The van der Waals surface area contributed by atoms with Crippen LogP contribution >= 0.6 is 12.4 Å². The summed E-state index contributed by atoms with van der Waals surface area (Å²) in [7, 11) is 0. The molecule has 4 rings (SSSR count). The highest BCUT2D eigenvalue weighted by Gasteiger charge is 2.19. The van der Waals surface area contributed by atoms with Crippen molar-refractivity contribution in [2.45, 2.75) is 32.7 Å². The minimum absolute atomic E-state index is 0. The summed E-state index contributed by atoms with van der Waals surface area (Å²) in [6.07, 6.45) is 6.75. The molecule has 1 fully saturated rings. The van der Waals surface area contributed by atoms with Crippen molar-refractivity contribution in [3.05, 3.63) is 69.8 Å². The first-order valence-corrected chi connectivity index (χ1v) is 10.4. The number of hydrogen-bond acceptors (Lipinski definition) is 3. The van der Waals surface area contributed by atoms with Crippen molar-refractivity contribution in [3.63, 3.8) is 0 Å². The van der Waals surface area contributed by atoms with E-state index < -0.39 is 0 Å². The molecule has 1 amide bonds. The van der Waals surface area contributed by atoms with E-state index in [1.807, 2.05) is 43.6 Å². The summed E-state index contributed by atoms with van der Waals surface area (Å²) >= 11 is 0. The zero-order chi connectivity index (χ0) is 20.2. The molecule has 7 heteroatoms. The number of amides is 1. The highest BCUT2D eigenvalue weighted by atomic mass is 35.5. The molecular formula is C23H29ClN4O2. The summed E-state index contributed by atoms with van der Waals surface area (Å²) in [5.74, 6) is 0.144. The SMILES string of the molecule is Cc1ccn(CC2CCCNC2)c(=O)c1C(=O)NCCc1c[nH]c2ccccc12.Cl. The molecule has 3 N–H and O–H groups in total. The maximum Gasteiger partial charge on any atom is 0.263 e. The Morgan fingerprint density at radius 1 is 1.27 bits per heavy atom. The number of H-pyrrole nitrogens is 1. The number of carbonyl (C=O) groups excluding carboxylic acids is 1. The predicted molar refractivity (Wildman–Crippen MR) is 123 cm³/mol. The number of carbonyl (C=O) groups is 1. The maximum absolute atomic E-state index is 12.9. The minimum Gasteiger partial charge on any atom is -0.361 e. The van der Waals surface area contributed by atoms with E-state index in [9.17, 15) is 9.59 Å². The predicted octanol–water partition coefficient (Wildman–Crippen LogP) is 3.03. The van der Waals surface area contributed by atoms with Gasteiger partial charge in [0.25, 0.3) is 11.5 Å². The number of nitrogens with zero attached hydrogens (tertiary/aromatic N) is 1. The van der Waals surface area contributed by atoms with Gasteiger partial charge in [0.2, 0.25) is 0 Å². The molecule has 2 aromatic heterocycles. The third-order valence-electron chi connectivity index (χ3n) is 5.81. The molecular weight excluding hydrogens is 400 g/mol. The lowest BCUT2D eigenvalue weighted by Crippen LogP contribution is -2.38. The lowest BCUT2D eigenvalue weighted by atomic mass is 9.99. The number of piperidine rings is 1. The van der Waals surface area contributed by atoms with E-state index in [2.05, 4.69) is 21.7 Å². The van der Waals surface area contributed by atoms with Crippen molar-refractivity contribution < 1.29 is 4.79 Å². The Kier molecular flexibility index (Phi) is 7.34. The van der Waals surface area contributed by atoms with Crippen molar-refractivity contribution in [1.82, 2.24) is 20.2 Å². The van der Waals surface area contributed by atoms with Gasteiger partial charge in [-0.1, -0.05) is 18.2 Å². The largest absolute Gasteiger partial charge is 0.361 e. The second kappa shape index (κ2) is 9.96. The summed E-state index contributed by atoms with van der Waals surface area (Å²) in [6, 6.07) is 9.98. The fraction of sp³-hybridized carbons (Fsp3) is 0.391. The smallest absolute Gasteiger partial charge is 0.263 e. The van der Waals surface area contributed by atoms with E-state index in [-0.39, 0.29) is 29.4 Å². The number of aromatic nitrogens is 2. The Morgan fingerprint density at radius 3 is 2.90 bits per heavy atom. The van der Waals surface area contributed by atoms with E-state index in [0.717, 1.165) is 42.6 Å². The van der Waals surface area contributed by atoms with Gasteiger partial charge >= 0.3 is 0 Å². The molecule has 160 valence electrons. The highest BCUT2D eigenvalue weighted by Crippen LogP contribution is 2.18. The van der Waals surface area contributed by atoms with E-state index in [4.69, 9.17) is 0 Å². The fourth-order valence-corrected chi connectivity index (χ4v) is 4.18. The number of halogens is 1. The topological polar surface area (TPSA) is 78.9 Å². The van der Waals surface area contributed by atoms with E-state index in [1.165, 1.54) is 5.39 Å². The number of hydrogen-bond donors (Lipinski definition) is 3. The number of aromatic amines is 1. The minimum atomic E-state index is -0.288. The number of fused-ring (bicyclic) bond motifs is 1. The number of nitrogens with one attached hydrogen (secondary N) is 3. The summed E-state index contributed by atoms with van der Waals surface area (Å²) in [4.78, 5) is 29.0. The first kappa shape index (κ1) is 22.1. The van der Waals surface area contributed by atoms with Crippen LogP contribution in [0, 0.1) is 12.8 Å². The van der Waals surface area contributed by atoms with Crippen LogP contribution in [0.3, 0.4) is 0 Å². The van der Waals surface area contributed by atoms with Crippen LogP contribution in [-0.4, -0.2) is 35.1 Å². The zero-order valence-electron chi connectivity index (χ0n) is 17.2. The van der Waals surface area contributed by atoms with Crippen molar-refractivity contribution in [3.8, 4) is 0 Å². The Hall–Kier alpha value is -2.57. The lowest BCUT2D eigenvalue weighted by Gasteiger charge is -2.23. The molecule has 0 saturated carbocycles. The van der Waals surface area contributed by atoms with Gasteiger partial charge in [-0.25, -0.2) is 0 Å². The van der Waals surface area contributed by atoms with Crippen molar-refractivity contribution in [2.24, 2.45) is 5.92 Å². The third kappa shape index (κ3) is 4.77. The van der Waals surface area contributed by atoms with Gasteiger partial charge in [-0.15, -0.1) is 12.4 Å². The average molecular weight is 429 g/mol. The number of benzene rings is 1. The van der Waals surface area contributed by atoms with Crippen LogP contribution in [0.2, 0.25) is 0 Å². The fourth-order valence-electron chi connectivity index (χ4n) is 4.18. The van der Waals surface area contributed by atoms with Gasteiger partial charge in [0.15, 0.2) is 0 Å². The van der Waals surface area contributed by atoms with E-state index in [0.29, 0.717) is 25.4 Å². The molecule has 0 bridgehead atoms. The van der Waals surface area contributed by atoms with Gasteiger partial charge in [-0.3, -0.25) is 9.59 Å².